The summed E-state index contributed by atoms with van der Waals surface area (Å²) in [5.74, 6) is -0.315. The number of hydrogen-bond donors (Lipinski definition) is 2. The summed E-state index contributed by atoms with van der Waals surface area (Å²) in [5, 5.41) is 2.04. The molecule has 1 amide bonds. The van der Waals surface area contributed by atoms with Crippen molar-refractivity contribution in [1.82, 2.24) is 9.55 Å². The number of carbonyl (C=O) groups is 1. The number of aromatic nitrogens is 2. The average molecular weight is 524 g/mol. The van der Waals surface area contributed by atoms with Crippen LogP contribution < -0.4 is 16.6 Å². The van der Waals surface area contributed by atoms with E-state index in [0.717, 1.165) is 28.5 Å². The second kappa shape index (κ2) is 9.07. The number of nitrogens with one attached hydrogen (secondary N) is 2. The maximum absolute atomic E-state index is 13.7. The number of amides is 1. The number of aromatic amines is 1. The molecule has 0 aliphatic heterocycles. The van der Waals surface area contributed by atoms with Crippen LogP contribution >= 0.6 is 11.6 Å². The SMILES string of the molecule is CC(=O)Nc1ccc2[nH]c(=O)n(-c3cc(S(=O)(=O)C4CCCc5ccccc54)ccc3Cl)c(=O)c2c1. The van der Waals surface area contributed by atoms with Crippen molar-refractivity contribution in [2.45, 2.75) is 36.3 Å². The second-order valence-corrected chi connectivity index (χ2v) is 11.3. The first kappa shape index (κ1) is 24.0. The summed E-state index contributed by atoms with van der Waals surface area (Å²) in [6.07, 6.45) is 2.03. The van der Waals surface area contributed by atoms with Crippen LogP contribution in [0.15, 0.2) is 75.1 Å². The fourth-order valence-electron chi connectivity index (χ4n) is 4.75. The zero-order valence-electron chi connectivity index (χ0n) is 19.2. The molecule has 1 heterocycles. The number of aryl methyl sites for hydroxylation is 1. The minimum atomic E-state index is -3.84. The van der Waals surface area contributed by atoms with E-state index in [9.17, 15) is 22.8 Å². The van der Waals surface area contributed by atoms with Crippen LogP contribution in [0, 0.1) is 0 Å². The van der Waals surface area contributed by atoms with Crippen LogP contribution in [-0.2, 0) is 21.1 Å². The van der Waals surface area contributed by atoms with Gasteiger partial charge in [-0.05, 0) is 66.8 Å². The molecule has 36 heavy (non-hydrogen) atoms. The van der Waals surface area contributed by atoms with Crippen molar-refractivity contribution < 1.29 is 13.2 Å². The Kier molecular flexibility index (Phi) is 6.05. The fourth-order valence-corrected chi connectivity index (χ4v) is 6.86. The predicted molar refractivity (Wildman–Crippen MR) is 139 cm³/mol. The van der Waals surface area contributed by atoms with Gasteiger partial charge >= 0.3 is 5.69 Å². The minimum Gasteiger partial charge on any atom is -0.326 e. The molecular formula is C26H22ClN3O5S. The quantitative estimate of drug-likeness (QED) is 0.417. The molecule has 184 valence electrons. The highest BCUT2D eigenvalue weighted by atomic mass is 35.5. The number of nitrogens with zero attached hydrogens (tertiary/aromatic N) is 1. The van der Waals surface area contributed by atoms with Gasteiger partial charge in [-0.2, -0.15) is 0 Å². The summed E-state index contributed by atoms with van der Waals surface area (Å²) in [6.45, 7) is 1.34. The fraction of sp³-hybridized carbons (Fsp3) is 0.192. The minimum absolute atomic E-state index is 0.0259. The van der Waals surface area contributed by atoms with Crippen molar-refractivity contribution in [2.24, 2.45) is 0 Å². The van der Waals surface area contributed by atoms with Gasteiger partial charge in [-0.3, -0.25) is 9.59 Å². The Morgan fingerprint density at radius 1 is 1.08 bits per heavy atom. The molecule has 1 atom stereocenters. The van der Waals surface area contributed by atoms with Crippen molar-refractivity contribution in [2.75, 3.05) is 5.32 Å². The number of rotatable bonds is 4. The van der Waals surface area contributed by atoms with Gasteiger partial charge < -0.3 is 10.3 Å². The van der Waals surface area contributed by atoms with E-state index in [1.54, 1.807) is 6.07 Å². The lowest BCUT2D eigenvalue weighted by Gasteiger charge is -2.25. The van der Waals surface area contributed by atoms with Gasteiger partial charge in [0.2, 0.25) is 5.91 Å². The molecule has 1 aromatic heterocycles. The smallest absolute Gasteiger partial charge is 0.326 e. The van der Waals surface area contributed by atoms with E-state index >= 15 is 0 Å². The first-order valence-electron chi connectivity index (χ1n) is 11.3. The van der Waals surface area contributed by atoms with E-state index in [1.807, 2.05) is 24.3 Å². The molecule has 5 rings (SSSR count). The van der Waals surface area contributed by atoms with Crippen LogP contribution in [-0.4, -0.2) is 23.9 Å². The summed E-state index contributed by atoms with van der Waals surface area (Å²) in [6, 6.07) is 16.0. The summed E-state index contributed by atoms with van der Waals surface area (Å²) in [5.41, 5.74) is 0.924. The number of halogens is 1. The Balaban J connectivity index is 1.66. The van der Waals surface area contributed by atoms with Gasteiger partial charge in [0.15, 0.2) is 9.84 Å². The number of fused-ring (bicyclic) bond motifs is 2. The molecule has 8 nitrogen and oxygen atoms in total. The van der Waals surface area contributed by atoms with Gasteiger partial charge in [0.25, 0.3) is 5.56 Å². The van der Waals surface area contributed by atoms with Crippen molar-refractivity contribution in [3.63, 3.8) is 0 Å². The van der Waals surface area contributed by atoms with Gasteiger partial charge in [-0.1, -0.05) is 35.9 Å². The lowest BCUT2D eigenvalue weighted by molar-refractivity contribution is -0.114. The van der Waals surface area contributed by atoms with Crippen LogP contribution in [0.3, 0.4) is 0 Å². The van der Waals surface area contributed by atoms with E-state index < -0.39 is 26.3 Å². The van der Waals surface area contributed by atoms with Crippen molar-refractivity contribution >= 4 is 43.9 Å². The molecule has 10 heteroatoms. The summed E-state index contributed by atoms with van der Waals surface area (Å²) < 4.78 is 28.3. The van der Waals surface area contributed by atoms with Crippen LogP contribution in [0.2, 0.25) is 5.02 Å². The van der Waals surface area contributed by atoms with E-state index in [4.69, 9.17) is 11.6 Å². The second-order valence-electron chi connectivity index (χ2n) is 8.75. The number of H-pyrrole nitrogens is 1. The van der Waals surface area contributed by atoms with Gasteiger partial charge in [0.1, 0.15) is 0 Å². The molecule has 0 fully saturated rings. The van der Waals surface area contributed by atoms with E-state index in [2.05, 4.69) is 10.3 Å². The number of benzene rings is 3. The lowest BCUT2D eigenvalue weighted by atomic mass is 9.91. The summed E-state index contributed by atoms with van der Waals surface area (Å²) in [4.78, 5) is 40.3. The summed E-state index contributed by atoms with van der Waals surface area (Å²) >= 11 is 6.38. The topological polar surface area (TPSA) is 118 Å². The molecule has 1 aliphatic rings. The third-order valence-electron chi connectivity index (χ3n) is 6.39. The highest BCUT2D eigenvalue weighted by Crippen LogP contribution is 2.39. The maximum atomic E-state index is 13.7. The van der Waals surface area contributed by atoms with Gasteiger partial charge in [0.05, 0.1) is 31.8 Å². The normalized spacial score (nSPS) is 15.4. The number of sulfone groups is 1. The third-order valence-corrected chi connectivity index (χ3v) is 8.86. The molecule has 0 saturated carbocycles. The highest BCUT2D eigenvalue weighted by Gasteiger charge is 2.33. The Morgan fingerprint density at radius 2 is 1.86 bits per heavy atom. The molecule has 3 aromatic carbocycles. The van der Waals surface area contributed by atoms with Gasteiger partial charge in [0, 0.05) is 12.6 Å². The largest absolute Gasteiger partial charge is 0.333 e. The highest BCUT2D eigenvalue weighted by molar-refractivity contribution is 7.91. The van der Waals surface area contributed by atoms with E-state index in [-0.39, 0.29) is 32.4 Å². The lowest BCUT2D eigenvalue weighted by Crippen LogP contribution is -2.34. The molecule has 2 N–H and O–H groups in total. The van der Waals surface area contributed by atoms with E-state index in [1.165, 1.54) is 37.3 Å². The molecule has 4 aromatic rings. The van der Waals surface area contributed by atoms with Crippen LogP contribution in [0.1, 0.15) is 36.1 Å². The van der Waals surface area contributed by atoms with Crippen molar-refractivity contribution in [1.29, 1.82) is 0 Å². The van der Waals surface area contributed by atoms with Crippen LogP contribution in [0.25, 0.3) is 16.6 Å². The Morgan fingerprint density at radius 3 is 2.64 bits per heavy atom. The number of anilines is 1. The van der Waals surface area contributed by atoms with Crippen molar-refractivity contribution in [3.8, 4) is 5.69 Å². The molecular weight excluding hydrogens is 502 g/mol. The third kappa shape index (κ3) is 4.14. The molecule has 1 unspecified atom stereocenters. The molecule has 0 radical (unpaired) electrons. The Hall–Kier alpha value is -3.69. The molecule has 0 spiro atoms. The first-order chi connectivity index (χ1) is 17.2. The zero-order valence-corrected chi connectivity index (χ0v) is 20.8. The number of carbonyl (C=O) groups excluding carboxylic acids is 1. The van der Waals surface area contributed by atoms with E-state index in [0.29, 0.717) is 12.1 Å². The van der Waals surface area contributed by atoms with Gasteiger partial charge in [-0.25, -0.2) is 17.8 Å². The van der Waals surface area contributed by atoms with Crippen molar-refractivity contribution in [3.05, 3.63) is 97.7 Å². The molecule has 0 saturated heterocycles. The maximum Gasteiger partial charge on any atom is 0.333 e. The standard InChI is InChI=1S/C26H22ClN3O5S/c1-15(31)28-17-9-12-22-20(13-17)25(32)30(26(33)29-22)23-14-18(10-11-21(23)27)36(34,35)24-8-4-6-16-5-2-3-7-19(16)24/h2-3,5,7,9-14,24H,4,6,8H2,1H3,(H,28,31)(H,29,33). The number of hydrogen-bond acceptors (Lipinski definition) is 5. The Labute approximate surface area is 211 Å². The zero-order chi connectivity index (χ0) is 25.6. The predicted octanol–water partition coefficient (Wildman–Crippen LogP) is 4.14. The van der Waals surface area contributed by atoms with Crippen LogP contribution in [0.4, 0.5) is 5.69 Å². The first-order valence-corrected chi connectivity index (χ1v) is 13.3. The monoisotopic (exact) mass is 523 g/mol. The van der Waals surface area contributed by atoms with Gasteiger partial charge in [-0.15, -0.1) is 0 Å². The molecule has 1 aliphatic carbocycles. The average Bonchev–Trinajstić information content (AvgIpc) is 2.84. The molecule has 0 bridgehead atoms. The Bertz CT molecular complexity index is 1760. The van der Waals surface area contributed by atoms with Crippen LogP contribution in [0.5, 0.6) is 0 Å². The summed E-state index contributed by atoms with van der Waals surface area (Å²) in [7, 11) is -3.84.